The number of hydrogen-bond acceptors (Lipinski definition) is 3. The lowest BCUT2D eigenvalue weighted by Crippen LogP contribution is -2.00. The molecule has 0 saturated carbocycles. The van der Waals surface area contributed by atoms with Crippen molar-refractivity contribution in [1.82, 2.24) is 0 Å². The molecule has 2 N–H and O–H groups in total. The molecule has 0 bridgehead atoms. The van der Waals surface area contributed by atoms with E-state index in [0.29, 0.717) is 0 Å². The second kappa shape index (κ2) is 25.0. The summed E-state index contributed by atoms with van der Waals surface area (Å²) in [5.41, 5.74) is 0. The third kappa shape index (κ3) is 28.8. The Balaban J connectivity index is 0. The average Bonchev–Trinajstić information content (AvgIpc) is 2.50. The Morgan fingerprint density at radius 3 is 0.905 bits per heavy atom. The predicted octanol–water partition coefficient (Wildman–Crippen LogP) is 4.01. The summed E-state index contributed by atoms with van der Waals surface area (Å²) in [7, 11) is -0.812. The minimum Gasteiger partial charge on any atom is -0.457 e. The van der Waals surface area contributed by atoms with Gasteiger partial charge in [-0.05, 0) is 0 Å². The normalized spacial score (nSPS) is 9.90. The highest BCUT2D eigenvalue weighted by atomic mass is 16.5. The molecular weight excluding hydrogens is 262 g/mol. The fourth-order valence-electron chi connectivity index (χ4n) is 2.31. The van der Waals surface area contributed by atoms with Crippen molar-refractivity contribution in [1.29, 1.82) is 0 Å². The molecule has 0 fully saturated rings. The lowest BCUT2D eigenvalue weighted by atomic mass is 10.0. The Labute approximate surface area is 134 Å². The molecule has 0 saturated heterocycles. The smallest absolute Gasteiger partial charge is 0.421 e. The van der Waals surface area contributed by atoms with Gasteiger partial charge in [0.05, 0.1) is 0 Å². The summed E-state index contributed by atoms with van der Waals surface area (Å²) < 4.78 is 3.94. The van der Waals surface area contributed by atoms with Crippen molar-refractivity contribution < 1.29 is 14.6 Å². The van der Waals surface area contributed by atoms with Crippen LogP contribution in [0.15, 0.2) is 0 Å². The molecule has 0 atom stereocenters. The summed E-state index contributed by atoms with van der Waals surface area (Å²) in [6.45, 7) is 4.58. The third-order valence-corrected chi connectivity index (χ3v) is 3.64. The second-order valence-corrected chi connectivity index (χ2v) is 5.70. The van der Waals surface area contributed by atoms with E-state index in [2.05, 4.69) is 18.4 Å². The van der Waals surface area contributed by atoms with Crippen molar-refractivity contribution in [3.05, 3.63) is 0 Å². The third-order valence-electron chi connectivity index (χ3n) is 3.64. The maximum absolute atomic E-state index is 7.68. The van der Waals surface area contributed by atoms with Gasteiger partial charge in [0.15, 0.2) is 0 Å². The first-order chi connectivity index (χ1) is 10.3. The van der Waals surface area contributed by atoms with E-state index in [1.807, 2.05) is 0 Å². The Morgan fingerprint density at radius 1 is 0.524 bits per heavy atom. The van der Waals surface area contributed by atoms with Crippen LogP contribution in [0.3, 0.4) is 0 Å². The zero-order chi connectivity index (χ0) is 16.0. The van der Waals surface area contributed by atoms with Gasteiger partial charge in [0.2, 0.25) is 0 Å². The van der Waals surface area contributed by atoms with Gasteiger partial charge >= 0.3 is 15.4 Å². The van der Waals surface area contributed by atoms with Gasteiger partial charge in [-0.1, -0.05) is 104 Å². The molecule has 0 spiro atoms. The van der Waals surface area contributed by atoms with Gasteiger partial charge in [-0.25, -0.2) is 0 Å². The molecule has 0 aromatic heterocycles. The molecule has 21 heavy (non-hydrogen) atoms. The van der Waals surface area contributed by atoms with Gasteiger partial charge in [-0.15, -0.1) is 0 Å². The van der Waals surface area contributed by atoms with Crippen LogP contribution < -0.4 is 0 Å². The van der Waals surface area contributed by atoms with Crippen molar-refractivity contribution in [3.63, 3.8) is 0 Å². The molecule has 0 aromatic carbocycles. The number of rotatable bonds is 15. The van der Waals surface area contributed by atoms with Crippen LogP contribution in [0.2, 0.25) is 0 Å². The second-order valence-electron chi connectivity index (χ2n) is 5.70. The van der Waals surface area contributed by atoms with Crippen molar-refractivity contribution >= 4 is 15.4 Å². The first-order valence-electron chi connectivity index (χ1n) is 9.12. The SMILES string of the molecule is CCCCCCCCCCCCCCCC.OBOBO. The molecule has 5 heteroatoms. The molecule has 0 unspecified atom stereocenters. The number of hydrogen-bond donors (Lipinski definition) is 2. The standard InChI is InChI=1S/C16H34.B2H4O3/c1-3-5-7-9-11-13-15-16-14-12-10-8-6-4-2;3-1-5-2-4/h3-16H2,1-2H3;1-4H. The summed E-state index contributed by atoms with van der Waals surface area (Å²) in [5.74, 6) is 0. The Morgan fingerprint density at radius 2 is 0.762 bits per heavy atom. The van der Waals surface area contributed by atoms with E-state index >= 15 is 0 Å². The maximum atomic E-state index is 7.68. The molecule has 126 valence electrons. The van der Waals surface area contributed by atoms with Crippen LogP contribution in [0.5, 0.6) is 0 Å². The molecule has 0 heterocycles. The van der Waals surface area contributed by atoms with Crippen LogP contribution in [0.25, 0.3) is 0 Å². The summed E-state index contributed by atoms with van der Waals surface area (Å²) >= 11 is 0. The fourth-order valence-corrected chi connectivity index (χ4v) is 2.31. The highest BCUT2D eigenvalue weighted by Gasteiger charge is 1.92. The molecule has 3 nitrogen and oxygen atoms in total. The van der Waals surface area contributed by atoms with Crippen molar-refractivity contribution in [2.75, 3.05) is 0 Å². The summed E-state index contributed by atoms with van der Waals surface area (Å²) in [6.07, 6.45) is 20.4. The first kappa shape index (κ1) is 23.3. The van der Waals surface area contributed by atoms with Crippen LogP contribution in [-0.2, 0) is 4.57 Å². The quantitative estimate of drug-likeness (QED) is 0.355. The predicted molar refractivity (Wildman–Crippen MR) is 95.8 cm³/mol. The maximum Gasteiger partial charge on any atom is 0.421 e. The van der Waals surface area contributed by atoms with Crippen molar-refractivity contribution in [2.45, 2.75) is 104 Å². The van der Waals surface area contributed by atoms with Gasteiger partial charge in [0, 0.05) is 0 Å². The van der Waals surface area contributed by atoms with Crippen LogP contribution in [-0.4, -0.2) is 25.4 Å². The topological polar surface area (TPSA) is 49.7 Å². The van der Waals surface area contributed by atoms with E-state index in [9.17, 15) is 0 Å². The Bertz CT molecular complexity index is 144. The number of unbranched alkanes of at least 4 members (excludes halogenated alkanes) is 13. The average molecular weight is 300 g/mol. The van der Waals surface area contributed by atoms with E-state index in [1.165, 1.54) is 89.9 Å². The highest BCUT2D eigenvalue weighted by molar-refractivity contribution is 6.32. The van der Waals surface area contributed by atoms with E-state index < -0.39 is 15.4 Å². The van der Waals surface area contributed by atoms with E-state index in [1.54, 1.807) is 0 Å². The molecule has 0 aliphatic carbocycles. The molecule has 0 rings (SSSR count). The summed E-state index contributed by atoms with van der Waals surface area (Å²) in [4.78, 5) is 0. The van der Waals surface area contributed by atoms with Crippen LogP contribution in [0.1, 0.15) is 104 Å². The van der Waals surface area contributed by atoms with Crippen LogP contribution in [0.4, 0.5) is 0 Å². The molecular formula is C16H38B2O3. The van der Waals surface area contributed by atoms with Gasteiger partial charge < -0.3 is 14.6 Å². The minimum absolute atomic E-state index is 0.406. The van der Waals surface area contributed by atoms with Crippen LogP contribution in [0, 0.1) is 0 Å². The van der Waals surface area contributed by atoms with Crippen LogP contribution >= 0.6 is 0 Å². The Kier molecular flexibility index (Phi) is 27.7. The largest absolute Gasteiger partial charge is 0.457 e. The van der Waals surface area contributed by atoms with Gasteiger partial charge in [-0.2, -0.15) is 0 Å². The van der Waals surface area contributed by atoms with Gasteiger partial charge in [0.25, 0.3) is 0 Å². The van der Waals surface area contributed by atoms with Crippen molar-refractivity contribution in [3.8, 4) is 0 Å². The van der Waals surface area contributed by atoms with E-state index in [0.717, 1.165) is 0 Å². The monoisotopic (exact) mass is 300 g/mol. The first-order valence-corrected chi connectivity index (χ1v) is 9.12. The van der Waals surface area contributed by atoms with Crippen molar-refractivity contribution in [2.24, 2.45) is 0 Å². The lowest BCUT2D eigenvalue weighted by molar-refractivity contribution is 0.408. The molecule has 0 aliphatic heterocycles. The molecule has 0 radical (unpaired) electrons. The zero-order valence-corrected chi connectivity index (χ0v) is 14.6. The van der Waals surface area contributed by atoms with Gasteiger partial charge in [0.1, 0.15) is 0 Å². The Hall–Kier alpha value is 0.00987. The van der Waals surface area contributed by atoms with Gasteiger partial charge in [-0.3, -0.25) is 0 Å². The molecule has 0 amide bonds. The lowest BCUT2D eigenvalue weighted by Gasteiger charge is -2.02. The summed E-state index contributed by atoms with van der Waals surface area (Å²) in [6, 6.07) is 0. The molecule has 0 aromatic rings. The molecule has 0 aliphatic rings. The highest BCUT2D eigenvalue weighted by Crippen LogP contribution is 2.12. The minimum atomic E-state index is -0.406. The fraction of sp³-hybridized carbons (Fsp3) is 1.00. The van der Waals surface area contributed by atoms with E-state index in [4.69, 9.17) is 10.0 Å². The summed E-state index contributed by atoms with van der Waals surface area (Å²) in [5, 5.41) is 15.4. The zero-order valence-electron chi connectivity index (χ0n) is 14.6. The van der Waals surface area contributed by atoms with E-state index in [-0.39, 0.29) is 0 Å².